The van der Waals surface area contributed by atoms with Gasteiger partial charge in [-0.15, -0.1) is 0 Å². The van der Waals surface area contributed by atoms with Crippen molar-refractivity contribution in [3.05, 3.63) is 17.6 Å². The molecule has 0 aliphatic rings. The Bertz CT molecular complexity index is 387. The maximum Gasteiger partial charge on any atom is 0.217 e. The van der Waals surface area contributed by atoms with Crippen LogP contribution >= 0.6 is 0 Å². The van der Waals surface area contributed by atoms with Gasteiger partial charge in [-0.2, -0.15) is 4.98 Å². The summed E-state index contributed by atoms with van der Waals surface area (Å²) in [7, 11) is 0. The smallest absolute Gasteiger partial charge is 0.217 e. The van der Waals surface area contributed by atoms with Gasteiger partial charge in [-0.1, -0.05) is 0 Å². The molecule has 0 bridgehead atoms. The number of rotatable bonds is 4. The van der Waals surface area contributed by atoms with E-state index < -0.39 is 5.41 Å². The lowest BCUT2D eigenvalue weighted by molar-refractivity contribution is -0.111. The fourth-order valence-electron chi connectivity index (χ4n) is 1.18. The van der Waals surface area contributed by atoms with Crippen LogP contribution in [-0.4, -0.2) is 22.4 Å². The molecule has 0 unspecified atom stereocenters. The van der Waals surface area contributed by atoms with Crippen molar-refractivity contribution in [2.45, 2.75) is 46.1 Å². The van der Waals surface area contributed by atoms with E-state index in [0.717, 1.165) is 12.0 Å². The lowest BCUT2D eigenvalue weighted by Crippen LogP contribution is -2.23. The van der Waals surface area contributed by atoms with E-state index in [-0.39, 0.29) is 6.10 Å². The second kappa shape index (κ2) is 4.60. The molecule has 1 heterocycles. The van der Waals surface area contributed by atoms with Crippen LogP contribution in [0.25, 0.3) is 0 Å². The zero-order valence-corrected chi connectivity index (χ0v) is 10.4. The van der Waals surface area contributed by atoms with E-state index in [0.29, 0.717) is 11.7 Å². The molecule has 4 heteroatoms. The van der Waals surface area contributed by atoms with Gasteiger partial charge in [-0.25, -0.2) is 4.98 Å². The van der Waals surface area contributed by atoms with Gasteiger partial charge in [0.15, 0.2) is 0 Å². The van der Waals surface area contributed by atoms with Gasteiger partial charge in [0.25, 0.3) is 0 Å². The van der Waals surface area contributed by atoms with Crippen molar-refractivity contribution in [1.29, 1.82) is 0 Å². The average Bonchev–Trinajstić information content (AvgIpc) is 2.15. The zero-order chi connectivity index (χ0) is 12.3. The molecule has 4 nitrogen and oxygen atoms in total. The summed E-state index contributed by atoms with van der Waals surface area (Å²) in [6.45, 7) is 9.30. The fourth-order valence-corrected chi connectivity index (χ4v) is 1.18. The summed E-state index contributed by atoms with van der Waals surface area (Å²) in [4.78, 5) is 19.5. The van der Waals surface area contributed by atoms with Gasteiger partial charge in [0.05, 0.1) is 11.5 Å². The van der Waals surface area contributed by atoms with E-state index in [9.17, 15) is 4.79 Å². The number of aromatic nitrogens is 2. The maximum absolute atomic E-state index is 11.0. The van der Waals surface area contributed by atoms with Gasteiger partial charge in [-0.3, -0.25) is 0 Å². The van der Waals surface area contributed by atoms with E-state index >= 15 is 0 Å². The van der Waals surface area contributed by atoms with E-state index in [2.05, 4.69) is 9.97 Å². The summed E-state index contributed by atoms with van der Waals surface area (Å²) in [6, 6.07) is 1.77. The van der Waals surface area contributed by atoms with Crippen LogP contribution < -0.4 is 4.74 Å². The lowest BCUT2D eigenvalue weighted by atomic mass is 9.95. The van der Waals surface area contributed by atoms with E-state index in [1.807, 2.05) is 20.8 Å². The molecule has 0 aliphatic heterocycles. The molecule has 1 rings (SSSR count). The number of hydrogen-bond donors (Lipinski definition) is 0. The van der Waals surface area contributed by atoms with Crippen molar-refractivity contribution in [1.82, 2.24) is 9.97 Å². The van der Waals surface area contributed by atoms with Gasteiger partial charge >= 0.3 is 0 Å². The molecule has 0 saturated heterocycles. The number of carbonyl (C=O) groups excluding carboxylic acids is 1. The Hall–Kier alpha value is -1.45. The minimum absolute atomic E-state index is 0.0569. The molecular weight excluding hydrogens is 204 g/mol. The van der Waals surface area contributed by atoms with Gasteiger partial charge in [0.1, 0.15) is 12.1 Å². The van der Waals surface area contributed by atoms with Crippen LogP contribution in [0.5, 0.6) is 5.88 Å². The SMILES string of the molecule is Cc1cc(OC(C)C)nc(C(C)(C)C=O)n1. The first-order chi connectivity index (χ1) is 7.35. The average molecular weight is 222 g/mol. The Morgan fingerprint density at radius 3 is 2.50 bits per heavy atom. The van der Waals surface area contributed by atoms with Crippen LogP contribution in [-0.2, 0) is 10.2 Å². The summed E-state index contributed by atoms with van der Waals surface area (Å²) in [5, 5.41) is 0. The summed E-state index contributed by atoms with van der Waals surface area (Å²) in [6.07, 6.45) is 0.905. The third-order valence-corrected chi connectivity index (χ3v) is 2.06. The van der Waals surface area contributed by atoms with Crippen LogP contribution in [0.1, 0.15) is 39.2 Å². The normalized spacial score (nSPS) is 11.6. The predicted molar refractivity (Wildman–Crippen MR) is 61.6 cm³/mol. The lowest BCUT2D eigenvalue weighted by Gasteiger charge is -2.17. The number of nitrogens with zero attached hydrogens (tertiary/aromatic N) is 2. The molecule has 1 aromatic heterocycles. The Morgan fingerprint density at radius 1 is 1.38 bits per heavy atom. The topological polar surface area (TPSA) is 52.1 Å². The van der Waals surface area contributed by atoms with E-state index in [1.54, 1.807) is 19.9 Å². The first-order valence-electron chi connectivity index (χ1n) is 5.34. The Kier molecular flexibility index (Phi) is 3.62. The molecule has 88 valence electrons. The van der Waals surface area contributed by atoms with Crippen LogP contribution in [0, 0.1) is 6.92 Å². The molecule has 0 saturated carbocycles. The largest absolute Gasteiger partial charge is 0.475 e. The Balaban J connectivity index is 3.12. The molecule has 0 radical (unpaired) electrons. The molecule has 0 atom stereocenters. The van der Waals surface area contributed by atoms with Crippen LogP contribution in [0.2, 0.25) is 0 Å². The molecule has 0 aromatic carbocycles. The third-order valence-electron chi connectivity index (χ3n) is 2.06. The van der Waals surface area contributed by atoms with Gasteiger partial charge in [0, 0.05) is 11.8 Å². The maximum atomic E-state index is 11.0. The molecule has 0 amide bonds. The molecular formula is C12H18N2O2. The first kappa shape index (κ1) is 12.6. The fraction of sp³-hybridized carbons (Fsp3) is 0.583. The van der Waals surface area contributed by atoms with Crippen LogP contribution in [0.3, 0.4) is 0 Å². The number of aldehydes is 1. The summed E-state index contributed by atoms with van der Waals surface area (Å²) < 4.78 is 5.51. The van der Waals surface area contributed by atoms with Crippen molar-refractivity contribution in [2.75, 3.05) is 0 Å². The second-order valence-corrected chi connectivity index (χ2v) is 4.68. The van der Waals surface area contributed by atoms with Crippen LogP contribution in [0.4, 0.5) is 0 Å². The minimum Gasteiger partial charge on any atom is -0.475 e. The van der Waals surface area contributed by atoms with E-state index in [4.69, 9.17) is 4.74 Å². The Morgan fingerprint density at radius 2 is 2.00 bits per heavy atom. The zero-order valence-electron chi connectivity index (χ0n) is 10.4. The quantitative estimate of drug-likeness (QED) is 0.732. The monoisotopic (exact) mass is 222 g/mol. The highest BCUT2D eigenvalue weighted by Crippen LogP contribution is 2.20. The summed E-state index contributed by atoms with van der Waals surface area (Å²) in [5.74, 6) is 1.02. The minimum atomic E-state index is -0.679. The highest BCUT2D eigenvalue weighted by atomic mass is 16.5. The number of aryl methyl sites for hydroxylation is 1. The molecule has 0 aliphatic carbocycles. The summed E-state index contributed by atoms with van der Waals surface area (Å²) >= 11 is 0. The molecule has 0 fully saturated rings. The summed E-state index contributed by atoms with van der Waals surface area (Å²) in [5.41, 5.74) is 0.122. The molecule has 0 spiro atoms. The van der Waals surface area contributed by atoms with Gasteiger partial charge < -0.3 is 9.53 Å². The number of carbonyl (C=O) groups is 1. The highest BCUT2D eigenvalue weighted by molar-refractivity contribution is 5.65. The third kappa shape index (κ3) is 3.02. The van der Waals surface area contributed by atoms with Crippen molar-refractivity contribution in [3.63, 3.8) is 0 Å². The van der Waals surface area contributed by atoms with Gasteiger partial charge in [0.2, 0.25) is 5.88 Å². The standard InChI is InChI=1S/C12H18N2O2/c1-8(2)16-10-6-9(3)13-11(14-10)12(4,5)7-15/h6-8H,1-5H3. The first-order valence-corrected chi connectivity index (χ1v) is 5.34. The highest BCUT2D eigenvalue weighted by Gasteiger charge is 2.24. The van der Waals surface area contributed by atoms with E-state index in [1.165, 1.54) is 0 Å². The predicted octanol–water partition coefficient (Wildman–Crippen LogP) is 2.05. The van der Waals surface area contributed by atoms with Gasteiger partial charge in [-0.05, 0) is 34.6 Å². The molecule has 0 N–H and O–H groups in total. The second-order valence-electron chi connectivity index (χ2n) is 4.68. The number of ether oxygens (including phenoxy) is 1. The van der Waals surface area contributed by atoms with Crippen molar-refractivity contribution < 1.29 is 9.53 Å². The van der Waals surface area contributed by atoms with Crippen LogP contribution in [0.15, 0.2) is 6.07 Å². The van der Waals surface area contributed by atoms with Crippen molar-refractivity contribution in [3.8, 4) is 5.88 Å². The molecule has 16 heavy (non-hydrogen) atoms. The Labute approximate surface area is 96.1 Å². The molecule has 1 aromatic rings. The number of hydrogen-bond acceptors (Lipinski definition) is 4. The van der Waals surface area contributed by atoms with Crippen molar-refractivity contribution >= 4 is 6.29 Å². The van der Waals surface area contributed by atoms with Crippen molar-refractivity contribution in [2.24, 2.45) is 0 Å².